The lowest BCUT2D eigenvalue weighted by molar-refractivity contribution is 0.310. The number of benzene rings is 1. The van der Waals surface area contributed by atoms with Crippen LogP contribution in [0, 0.1) is 0 Å². The molecule has 0 aliphatic carbocycles. The molecule has 0 radical (unpaired) electrons. The Morgan fingerprint density at radius 2 is 2.33 bits per heavy atom. The highest BCUT2D eigenvalue weighted by Gasteiger charge is 2.28. The zero-order valence-electron chi connectivity index (χ0n) is 8.86. The fraction of sp³-hybridized carbons (Fsp3) is 0.385. The summed E-state index contributed by atoms with van der Waals surface area (Å²) < 4.78 is 5.61. The third kappa shape index (κ3) is 2.05. The zero-order chi connectivity index (χ0) is 10.7. The van der Waals surface area contributed by atoms with Crippen molar-refractivity contribution in [2.45, 2.75) is 24.8 Å². The minimum absolute atomic E-state index is 0.173. The first-order valence-electron chi connectivity index (χ1n) is 5.41. The third-order valence-corrected chi connectivity index (χ3v) is 2.96. The van der Waals surface area contributed by atoms with Crippen LogP contribution in [-0.2, 0) is 0 Å². The molecule has 2 atom stereocenters. The summed E-state index contributed by atoms with van der Waals surface area (Å²) in [5.41, 5.74) is 7.41. The van der Waals surface area contributed by atoms with Crippen molar-refractivity contribution in [1.29, 1.82) is 0 Å². The second kappa shape index (κ2) is 4.49. The number of hydrogen-bond donors (Lipinski definition) is 1. The van der Waals surface area contributed by atoms with Crippen LogP contribution in [0.2, 0.25) is 0 Å². The number of para-hydroxylation sites is 1. The van der Waals surface area contributed by atoms with E-state index in [9.17, 15) is 0 Å². The summed E-state index contributed by atoms with van der Waals surface area (Å²) in [4.78, 5) is 0. The van der Waals surface area contributed by atoms with Gasteiger partial charge in [0, 0.05) is 17.5 Å². The maximum atomic E-state index is 6.15. The lowest BCUT2D eigenvalue weighted by atomic mass is 9.91. The van der Waals surface area contributed by atoms with Gasteiger partial charge in [0.1, 0.15) is 5.75 Å². The Kier molecular flexibility index (Phi) is 3.07. The van der Waals surface area contributed by atoms with Crippen LogP contribution in [0.15, 0.2) is 36.9 Å². The maximum absolute atomic E-state index is 6.15. The van der Waals surface area contributed by atoms with E-state index < -0.39 is 0 Å². The van der Waals surface area contributed by atoms with Crippen molar-refractivity contribution >= 4 is 0 Å². The zero-order valence-corrected chi connectivity index (χ0v) is 8.86. The highest BCUT2D eigenvalue weighted by atomic mass is 16.5. The average molecular weight is 203 g/mol. The van der Waals surface area contributed by atoms with Crippen LogP contribution in [0.4, 0.5) is 0 Å². The van der Waals surface area contributed by atoms with Crippen LogP contribution in [0.1, 0.15) is 24.3 Å². The molecule has 15 heavy (non-hydrogen) atoms. The number of hydrogen-bond acceptors (Lipinski definition) is 2. The quantitative estimate of drug-likeness (QED) is 0.763. The summed E-state index contributed by atoms with van der Waals surface area (Å²) in [6.07, 6.45) is 3.87. The van der Waals surface area contributed by atoms with Gasteiger partial charge in [-0.15, -0.1) is 6.58 Å². The summed E-state index contributed by atoms with van der Waals surface area (Å²) in [6, 6.07) is 8.33. The van der Waals surface area contributed by atoms with Crippen molar-refractivity contribution < 1.29 is 4.74 Å². The molecule has 80 valence electrons. The maximum Gasteiger partial charge on any atom is 0.122 e. The summed E-state index contributed by atoms with van der Waals surface area (Å²) in [5.74, 6) is 1.35. The number of nitrogens with two attached hydrogens (primary N) is 1. The van der Waals surface area contributed by atoms with Gasteiger partial charge in [-0.3, -0.25) is 0 Å². The molecule has 2 unspecified atom stereocenters. The topological polar surface area (TPSA) is 35.2 Å². The van der Waals surface area contributed by atoms with E-state index in [4.69, 9.17) is 10.5 Å². The summed E-state index contributed by atoms with van der Waals surface area (Å²) >= 11 is 0. The molecule has 2 rings (SSSR count). The van der Waals surface area contributed by atoms with E-state index in [1.165, 1.54) is 5.56 Å². The van der Waals surface area contributed by atoms with Crippen molar-refractivity contribution in [1.82, 2.24) is 0 Å². The molecule has 1 aromatic carbocycles. The predicted octanol–water partition coefficient (Wildman–Crippen LogP) is 2.46. The minimum atomic E-state index is 0.173. The van der Waals surface area contributed by atoms with Gasteiger partial charge in [0.25, 0.3) is 0 Å². The molecular weight excluding hydrogens is 186 g/mol. The molecule has 1 aliphatic heterocycles. The Morgan fingerprint density at radius 1 is 1.53 bits per heavy atom. The van der Waals surface area contributed by atoms with Crippen LogP contribution < -0.4 is 10.5 Å². The van der Waals surface area contributed by atoms with Crippen molar-refractivity contribution in [3.05, 3.63) is 42.5 Å². The van der Waals surface area contributed by atoms with Gasteiger partial charge < -0.3 is 10.5 Å². The highest BCUT2D eigenvalue weighted by Crippen LogP contribution is 2.35. The third-order valence-electron chi connectivity index (χ3n) is 2.96. The van der Waals surface area contributed by atoms with E-state index in [-0.39, 0.29) is 6.04 Å². The van der Waals surface area contributed by atoms with Crippen LogP contribution >= 0.6 is 0 Å². The second-order valence-electron chi connectivity index (χ2n) is 3.99. The van der Waals surface area contributed by atoms with Gasteiger partial charge in [0.2, 0.25) is 0 Å². The van der Waals surface area contributed by atoms with Crippen LogP contribution in [-0.4, -0.2) is 12.6 Å². The molecule has 2 heteroatoms. The van der Waals surface area contributed by atoms with E-state index in [2.05, 4.69) is 12.6 Å². The normalized spacial score (nSPS) is 20.5. The molecule has 0 aromatic heterocycles. The molecule has 0 saturated heterocycles. The van der Waals surface area contributed by atoms with Gasteiger partial charge >= 0.3 is 0 Å². The average Bonchev–Trinajstić information content (AvgIpc) is 2.69. The number of rotatable bonds is 4. The summed E-state index contributed by atoms with van der Waals surface area (Å²) in [6.45, 7) is 4.44. The van der Waals surface area contributed by atoms with Gasteiger partial charge in [-0.05, 0) is 18.9 Å². The van der Waals surface area contributed by atoms with Crippen molar-refractivity contribution in [3.63, 3.8) is 0 Å². The molecule has 0 saturated carbocycles. The smallest absolute Gasteiger partial charge is 0.122 e. The molecular formula is C13H17NO. The lowest BCUT2D eigenvalue weighted by Crippen LogP contribution is -2.29. The van der Waals surface area contributed by atoms with Gasteiger partial charge in [-0.2, -0.15) is 0 Å². The SMILES string of the molecule is C=CCCC(N)C1COc2ccccc21. The Labute approximate surface area is 90.7 Å². The Hall–Kier alpha value is -1.28. The highest BCUT2D eigenvalue weighted by molar-refractivity contribution is 5.40. The van der Waals surface area contributed by atoms with Gasteiger partial charge in [-0.25, -0.2) is 0 Å². The van der Waals surface area contributed by atoms with Gasteiger partial charge in [0.15, 0.2) is 0 Å². The second-order valence-corrected chi connectivity index (χ2v) is 3.99. The van der Waals surface area contributed by atoms with Crippen LogP contribution in [0.3, 0.4) is 0 Å². The van der Waals surface area contributed by atoms with E-state index in [1.807, 2.05) is 24.3 Å². The van der Waals surface area contributed by atoms with E-state index in [1.54, 1.807) is 0 Å². The van der Waals surface area contributed by atoms with Crippen molar-refractivity contribution in [3.8, 4) is 5.75 Å². The Balaban J connectivity index is 2.09. The van der Waals surface area contributed by atoms with Crippen molar-refractivity contribution in [2.75, 3.05) is 6.61 Å². The molecule has 0 spiro atoms. The molecule has 2 nitrogen and oxygen atoms in total. The molecule has 1 heterocycles. The van der Waals surface area contributed by atoms with Crippen LogP contribution in [0.25, 0.3) is 0 Å². The largest absolute Gasteiger partial charge is 0.493 e. The molecule has 0 fully saturated rings. The van der Waals surface area contributed by atoms with Gasteiger partial charge in [0.05, 0.1) is 6.61 Å². The predicted molar refractivity (Wildman–Crippen MR) is 62.1 cm³/mol. The van der Waals surface area contributed by atoms with Crippen molar-refractivity contribution in [2.24, 2.45) is 5.73 Å². The first-order valence-corrected chi connectivity index (χ1v) is 5.41. The molecule has 0 amide bonds. The Bertz CT molecular complexity index is 348. The first kappa shape index (κ1) is 10.2. The summed E-state index contributed by atoms with van der Waals surface area (Å²) in [7, 11) is 0. The lowest BCUT2D eigenvalue weighted by Gasteiger charge is -2.17. The molecule has 0 bridgehead atoms. The molecule has 1 aliphatic rings. The van der Waals surface area contributed by atoms with Gasteiger partial charge in [-0.1, -0.05) is 24.3 Å². The molecule has 1 aromatic rings. The number of fused-ring (bicyclic) bond motifs is 1. The van der Waals surface area contributed by atoms with E-state index >= 15 is 0 Å². The Morgan fingerprint density at radius 3 is 3.13 bits per heavy atom. The standard InChI is InChI=1S/C13H17NO/c1-2-3-7-12(14)11-9-15-13-8-5-4-6-10(11)13/h2,4-6,8,11-12H,1,3,7,9,14H2. The van der Waals surface area contributed by atoms with E-state index in [0.29, 0.717) is 5.92 Å². The first-order chi connectivity index (χ1) is 7.33. The number of allylic oxidation sites excluding steroid dienone is 1. The molecule has 2 N–H and O–H groups in total. The van der Waals surface area contributed by atoms with E-state index in [0.717, 1.165) is 25.2 Å². The number of ether oxygens (including phenoxy) is 1. The summed E-state index contributed by atoms with van der Waals surface area (Å²) in [5, 5.41) is 0. The fourth-order valence-electron chi connectivity index (χ4n) is 2.05. The monoisotopic (exact) mass is 203 g/mol. The fourth-order valence-corrected chi connectivity index (χ4v) is 2.05. The van der Waals surface area contributed by atoms with Crippen LogP contribution in [0.5, 0.6) is 5.75 Å². The minimum Gasteiger partial charge on any atom is -0.493 e.